The standard InChI is InChI=1S/C9H18N/c1-4-7-10-8(2)5-6-9(10)3/h8-9H,1,4-7H2,2-3H3/t8-,9-/m1/s1. The maximum absolute atomic E-state index is 3.88. The van der Waals surface area contributed by atoms with Gasteiger partial charge in [0.05, 0.1) is 0 Å². The largest absolute Gasteiger partial charge is 0.298 e. The minimum absolute atomic E-state index is 0.803. The molecule has 0 saturated carbocycles. The lowest BCUT2D eigenvalue weighted by atomic mass is 10.2. The molecule has 1 heteroatoms. The number of hydrogen-bond acceptors (Lipinski definition) is 1. The van der Waals surface area contributed by atoms with E-state index in [2.05, 4.69) is 25.7 Å². The van der Waals surface area contributed by atoms with Crippen molar-refractivity contribution in [3.05, 3.63) is 6.92 Å². The Morgan fingerprint density at radius 3 is 2.20 bits per heavy atom. The summed E-state index contributed by atoms with van der Waals surface area (Å²) in [6, 6.07) is 1.61. The molecule has 59 valence electrons. The molecule has 1 heterocycles. The minimum Gasteiger partial charge on any atom is -0.298 e. The van der Waals surface area contributed by atoms with Crippen molar-refractivity contribution >= 4 is 0 Å². The van der Waals surface area contributed by atoms with E-state index in [1.165, 1.54) is 19.4 Å². The molecule has 1 rings (SSSR count). The molecule has 1 fully saturated rings. The van der Waals surface area contributed by atoms with E-state index in [4.69, 9.17) is 0 Å². The van der Waals surface area contributed by atoms with E-state index in [0.717, 1.165) is 18.5 Å². The molecule has 0 aromatic rings. The Balaban J connectivity index is 2.38. The van der Waals surface area contributed by atoms with Crippen LogP contribution in [0.4, 0.5) is 0 Å². The van der Waals surface area contributed by atoms with Crippen LogP contribution in [0.15, 0.2) is 0 Å². The van der Waals surface area contributed by atoms with E-state index in [0.29, 0.717) is 0 Å². The molecule has 2 atom stereocenters. The van der Waals surface area contributed by atoms with Crippen LogP contribution >= 0.6 is 0 Å². The summed E-state index contributed by atoms with van der Waals surface area (Å²) in [4.78, 5) is 2.56. The molecule has 10 heavy (non-hydrogen) atoms. The van der Waals surface area contributed by atoms with Gasteiger partial charge >= 0.3 is 0 Å². The van der Waals surface area contributed by atoms with Gasteiger partial charge in [0, 0.05) is 12.1 Å². The summed E-state index contributed by atoms with van der Waals surface area (Å²) in [6.45, 7) is 9.70. The summed E-state index contributed by atoms with van der Waals surface area (Å²) in [7, 11) is 0. The first-order chi connectivity index (χ1) is 4.75. The first kappa shape index (κ1) is 8.06. The summed E-state index contributed by atoms with van der Waals surface area (Å²) < 4.78 is 0. The molecule has 1 nitrogen and oxygen atoms in total. The van der Waals surface area contributed by atoms with Crippen LogP contribution < -0.4 is 0 Å². The van der Waals surface area contributed by atoms with Gasteiger partial charge in [-0.05, 0) is 39.7 Å². The zero-order chi connectivity index (χ0) is 7.56. The van der Waals surface area contributed by atoms with Crippen LogP contribution in [0, 0.1) is 6.92 Å². The van der Waals surface area contributed by atoms with Crippen molar-refractivity contribution in [2.75, 3.05) is 6.54 Å². The van der Waals surface area contributed by atoms with E-state index >= 15 is 0 Å². The van der Waals surface area contributed by atoms with Crippen LogP contribution in [0.2, 0.25) is 0 Å². The fourth-order valence-electron chi connectivity index (χ4n) is 1.87. The average Bonchev–Trinajstić information content (AvgIpc) is 2.20. The van der Waals surface area contributed by atoms with Crippen molar-refractivity contribution in [1.82, 2.24) is 4.90 Å². The Morgan fingerprint density at radius 2 is 1.80 bits per heavy atom. The van der Waals surface area contributed by atoms with E-state index in [1.54, 1.807) is 0 Å². The molecule has 1 radical (unpaired) electrons. The predicted molar refractivity (Wildman–Crippen MR) is 44.8 cm³/mol. The van der Waals surface area contributed by atoms with Gasteiger partial charge < -0.3 is 0 Å². The molecule has 0 spiro atoms. The summed E-state index contributed by atoms with van der Waals surface area (Å²) in [5.41, 5.74) is 0. The number of hydrogen-bond donors (Lipinski definition) is 0. The smallest absolute Gasteiger partial charge is 0.00703 e. The Hall–Kier alpha value is -0.0400. The summed E-state index contributed by atoms with van der Waals surface area (Å²) in [5.74, 6) is 0. The Morgan fingerprint density at radius 1 is 1.30 bits per heavy atom. The van der Waals surface area contributed by atoms with E-state index in [9.17, 15) is 0 Å². The molecular weight excluding hydrogens is 122 g/mol. The van der Waals surface area contributed by atoms with Crippen molar-refractivity contribution < 1.29 is 0 Å². The molecule has 0 amide bonds. The fourth-order valence-corrected chi connectivity index (χ4v) is 1.87. The molecule has 1 saturated heterocycles. The van der Waals surface area contributed by atoms with Crippen LogP contribution in [-0.2, 0) is 0 Å². The van der Waals surface area contributed by atoms with Crippen molar-refractivity contribution in [3.63, 3.8) is 0 Å². The van der Waals surface area contributed by atoms with E-state index in [1.807, 2.05) is 0 Å². The normalized spacial score (nSPS) is 35.1. The number of rotatable bonds is 2. The summed E-state index contributed by atoms with van der Waals surface area (Å²) in [5, 5.41) is 0. The second kappa shape index (κ2) is 3.38. The number of likely N-dealkylation sites (tertiary alicyclic amines) is 1. The van der Waals surface area contributed by atoms with Crippen LogP contribution in [0.1, 0.15) is 33.1 Å². The van der Waals surface area contributed by atoms with E-state index < -0.39 is 0 Å². The van der Waals surface area contributed by atoms with Gasteiger partial charge in [0.2, 0.25) is 0 Å². The van der Waals surface area contributed by atoms with Gasteiger partial charge in [0.25, 0.3) is 0 Å². The lowest BCUT2D eigenvalue weighted by Gasteiger charge is -2.24. The van der Waals surface area contributed by atoms with Gasteiger partial charge in [0.1, 0.15) is 0 Å². The molecule has 0 bridgehead atoms. The quantitative estimate of drug-likeness (QED) is 0.567. The van der Waals surface area contributed by atoms with E-state index in [-0.39, 0.29) is 0 Å². The van der Waals surface area contributed by atoms with Gasteiger partial charge in [0.15, 0.2) is 0 Å². The van der Waals surface area contributed by atoms with Crippen LogP contribution in [0.5, 0.6) is 0 Å². The van der Waals surface area contributed by atoms with Gasteiger partial charge in [-0.25, -0.2) is 0 Å². The van der Waals surface area contributed by atoms with Crippen LogP contribution in [-0.4, -0.2) is 23.5 Å². The highest BCUT2D eigenvalue weighted by Gasteiger charge is 2.25. The third kappa shape index (κ3) is 1.51. The Labute approximate surface area is 64.4 Å². The third-order valence-corrected chi connectivity index (χ3v) is 2.55. The first-order valence-corrected chi connectivity index (χ1v) is 4.30. The highest BCUT2D eigenvalue weighted by atomic mass is 15.2. The first-order valence-electron chi connectivity index (χ1n) is 4.30. The lowest BCUT2D eigenvalue weighted by Crippen LogP contribution is -2.33. The summed E-state index contributed by atoms with van der Waals surface area (Å²) in [6.07, 6.45) is 3.80. The molecule has 1 aliphatic rings. The lowest BCUT2D eigenvalue weighted by molar-refractivity contribution is 0.218. The third-order valence-electron chi connectivity index (χ3n) is 2.55. The zero-order valence-electron chi connectivity index (χ0n) is 7.14. The summed E-state index contributed by atoms with van der Waals surface area (Å²) >= 11 is 0. The number of nitrogens with zero attached hydrogens (tertiary/aromatic N) is 1. The van der Waals surface area contributed by atoms with Crippen molar-refractivity contribution in [2.24, 2.45) is 0 Å². The van der Waals surface area contributed by atoms with Crippen molar-refractivity contribution in [2.45, 2.75) is 45.2 Å². The second-order valence-corrected chi connectivity index (χ2v) is 3.37. The Kier molecular flexibility index (Phi) is 2.72. The van der Waals surface area contributed by atoms with Crippen LogP contribution in [0.3, 0.4) is 0 Å². The van der Waals surface area contributed by atoms with Gasteiger partial charge in [-0.3, -0.25) is 4.90 Å². The fraction of sp³-hybridized carbons (Fsp3) is 0.889. The molecule has 0 aromatic carbocycles. The SMILES string of the molecule is [CH2]CCN1[C@H](C)CC[C@H]1C. The highest BCUT2D eigenvalue weighted by Crippen LogP contribution is 2.22. The van der Waals surface area contributed by atoms with Gasteiger partial charge in [-0.15, -0.1) is 0 Å². The highest BCUT2D eigenvalue weighted by molar-refractivity contribution is 4.81. The average molecular weight is 140 g/mol. The molecule has 0 unspecified atom stereocenters. The predicted octanol–water partition coefficient (Wildman–Crippen LogP) is 2.08. The maximum Gasteiger partial charge on any atom is 0.00703 e. The monoisotopic (exact) mass is 140 g/mol. The molecule has 0 aliphatic carbocycles. The molecule has 0 aromatic heterocycles. The second-order valence-electron chi connectivity index (χ2n) is 3.37. The van der Waals surface area contributed by atoms with Gasteiger partial charge in [-0.2, -0.15) is 0 Å². The molecule has 0 N–H and O–H groups in total. The minimum atomic E-state index is 0.803. The molecular formula is C9H18N. The van der Waals surface area contributed by atoms with Crippen molar-refractivity contribution in [3.8, 4) is 0 Å². The van der Waals surface area contributed by atoms with Crippen molar-refractivity contribution in [1.29, 1.82) is 0 Å². The Bertz CT molecular complexity index is 90.9. The van der Waals surface area contributed by atoms with Gasteiger partial charge in [-0.1, -0.05) is 6.92 Å². The van der Waals surface area contributed by atoms with Crippen LogP contribution in [0.25, 0.3) is 0 Å². The maximum atomic E-state index is 3.88. The zero-order valence-corrected chi connectivity index (χ0v) is 7.14. The topological polar surface area (TPSA) is 3.24 Å². The molecule has 1 aliphatic heterocycles.